The molecule has 15 heavy (non-hydrogen) atoms. The third kappa shape index (κ3) is 2.07. The summed E-state index contributed by atoms with van der Waals surface area (Å²) >= 11 is 0. The van der Waals surface area contributed by atoms with Crippen molar-refractivity contribution in [3.63, 3.8) is 0 Å². The predicted molar refractivity (Wildman–Crippen MR) is 61.4 cm³/mol. The van der Waals surface area contributed by atoms with Gasteiger partial charge in [0, 0.05) is 11.8 Å². The minimum atomic E-state index is -2.72. The van der Waals surface area contributed by atoms with E-state index in [9.17, 15) is 8.42 Å². The summed E-state index contributed by atoms with van der Waals surface area (Å²) in [6.07, 6.45) is 1.23. The Morgan fingerprint density at radius 3 is 2.13 bits per heavy atom. The molecular weight excluding hydrogens is 210 g/mol. The lowest BCUT2D eigenvalue weighted by Gasteiger charge is -2.42. The summed E-state index contributed by atoms with van der Waals surface area (Å²) in [6.45, 7) is 9.73. The number of sulfone groups is 1. The quantitative estimate of drug-likeness (QED) is 0.585. The van der Waals surface area contributed by atoms with Crippen LogP contribution in [-0.4, -0.2) is 50.1 Å². The molecule has 1 unspecified atom stereocenters. The van der Waals surface area contributed by atoms with E-state index < -0.39 is 9.84 Å². The fourth-order valence-electron chi connectivity index (χ4n) is 3.52. The molecule has 0 aromatic carbocycles. The summed E-state index contributed by atoms with van der Waals surface area (Å²) in [7, 11) is -2.72. The first kappa shape index (κ1) is 11.4. The van der Waals surface area contributed by atoms with Gasteiger partial charge in [-0.15, -0.1) is 0 Å². The van der Waals surface area contributed by atoms with Crippen LogP contribution in [0.3, 0.4) is 0 Å². The van der Waals surface area contributed by atoms with Crippen LogP contribution < -0.4 is 0 Å². The fraction of sp³-hybridized carbons (Fsp3) is 1.00. The second-order valence-electron chi connectivity index (χ2n) is 6.19. The average molecular weight is 232 g/mol. The van der Waals surface area contributed by atoms with Crippen LogP contribution in [0.25, 0.3) is 0 Å². The van der Waals surface area contributed by atoms with Gasteiger partial charge in [-0.3, -0.25) is 0 Å². The van der Waals surface area contributed by atoms with Crippen LogP contribution in [0.5, 0.6) is 0 Å². The standard InChI is InChI=1S/C11H22NO2S/c1-10-8-11(2,3)9-12(10)4-6-15(13,14)7-5-12/h10H,4-9H2,1-3H3/q+1. The van der Waals surface area contributed by atoms with Crippen molar-refractivity contribution >= 4 is 9.84 Å². The summed E-state index contributed by atoms with van der Waals surface area (Å²) in [4.78, 5) is 0. The van der Waals surface area contributed by atoms with Gasteiger partial charge in [-0.2, -0.15) is 0 Å². The molecule has 88 valence electrons. The van der Waals surface area contributed by atoms with Gasteiger partial charge >= 0.3 is 0 Å². The molecule has 4 heteroatoms. The third-order valence-electron chi connectivity index (χ3n) is 4.22. The summed E-state index contributed by atoms with van der Waals surface area (Å²) in [5, 5.41) is 0. The largest absolute Gasteiger partial charge is 0.319 e. The van der Waals surface area contributed by atoms with Gasteiger partial charge in [0.25, 0.3) is 0 Å². The molecule has 2 aliphatic heterocycles. The number of quaternary nitrogens is 1. The minimum absolute atomic E-state index is 0.389. The Hall–Kier alpha value is -0.0900. The molecule has 2 heterocycles. The summed E-state index contributed by atoms with van der Waals surface area (Å²) in [5.41, 5.74) is 0.389. The highest BCUT2D eigenvalue weighted by Crippen LogP contribution is 2.40. The summed E-state index contributed by atoms with van der Waals surface area (Å²) in [5.74, 6) is 0.792. The topological polar surface area (TPSA) is 34.1 Å². The van der Waals surface area contributed by atoms with Crippen molar-refractivity contribution in [2.75, 3.05) is 31.1 Å². The molecule has 2 fully saturated rings. The van der Waals surface area contributed by atoms with E-state index in [4.69, 9.17) is 0 Å². The van der Waals surface area contributed by atoms with Crippen molar-refractivity contribution < 1.29 is 12.9 Å². The highest BCUT2D eigenvalue weighted by Gasteiger charge is 2.50. The van der Waals surface area contributed by atoms with Crippen LogP contribution in [0.4, 0.5) is 0 Å². The zero-order chi connectivity index (χ0) is 11.3. The Morgan fingerprint density at radius 2 is 1.73 bits per heavy atom. The van der Waals surface area contributed by atoms with Crippen molar-refractivity contribution in [3.05, 3.63) is 0 Å². The van der Waals surface area contributed by atoms with Gasteiger partial charge in [0.2, 0.25) is 0 Å². The SMILES string of the molecule is CC1CC(C)(C)C[N+]12CCS(=O)(=O)CC2. The van der Waals surface area contributed by atoms with E-state index in [0.29, 0.717) is 23.0 Å². The van der Waals surface area contributed by atoms with Crippen LogP contribution in [-0.2, 0) is 9.84 Å². The maximum Gasteiger partial charge on any atom is 0.161 e. The van der Waals surface area contributed by atoms with Crippen molar-refractivity contribution in [2.45, 2.75) is 33.2 Å². The van der Waals surface area contributed by atoms with Crippen molar-refractivity contribution in [1.29, 1.82) is 0 Å². The molecule has 0 amide bonds. The van der Waals surface area contributed by atoms with E-state index in [-0.39, 0.29) is 0 Å². The van der Waals surface area contributed by atoms with E-state index in [0.717, 1.165) is 24.1 Å². The number of hydrogen-bond donors (Lipinski definition) is 0. The molecule has 1 atom stereocenters. The molecule has 2 aliphatic rings. The maximum atomic E-state index is 11.4. The first-order valence-corrected chi connectivity index (χ1v) is 7.63. The first-order valence-electron chi connectivity index (χ1n) is 5.81. The van der Waals surface area contributed by atoms with Gasteiger partial charge in [-0.05, 0) is 6.92 Å². The highest BCUT2D eigenvalue weighted by atomic mass is 32.2. The predicted octanol–water partition coefficient (Wildman–Crippen LogP) is 1.05. The Labute approximate surface area is 93.0 Å². The molecule has 0 aliphatic carbocycles. The lowest BCUT2D eigenvalue weighted by molar-refractivity contribution is -0.936. The molecule has 2 rings (SSSR count). The van der Waals surface area contributed by atoms with E-state index in [2.05, 4.69) is 20.8 Å². The summed E-state index contributed by atoms with van der Waals surface area (Å²) in [6, 6.07) is 0.635. The van der Waals surface area contributed by atoms with Gasteiger partial charge < -0.3 is 4.48 Å². The van der Waals surface area contributed by atoms with Crippen LogP contribution >= 0.6 is 0 Å². The third-order valence-corrected chi connectivity index (χ3v) is 5.83. The van der Waals surface area contributed by atoms with E-state index in [1.807, 2.05) is 0 Å². The molecule has 0 aromatic rings. The number of nitrogens with zero attached hydrogens (tertiary/aromatic N) is 1. The van der Waals surface area contributed by atoms with Crippen LogP contribution in [0.1, 0.15) is 27.2 Å². The Bertz CT molecular complexity index is 345. The monoisotopic (exact) mass is 232 g/mol. The number of rotatable bonds is 0. The molecule has 0 N–H and O–H groups in total. The van der Waals surface area contributed by atoms with Gasteiger partial charge in [0.15, 0.2) is 9.84 Å². The zero-order valence-corrected chi connectivity index (χ0v) is 10.8. The van der Waals surface area contributed by atoms with E-state index in [1.165, 1.54) is 6.42 Å². The van der Waals surface area contributed by atoms with Crippen LogP contribution in [0, 0.1) is 5.41 Å². The molecule has 3 nitrogen and oxygen atoms in total. The molecule has 0 bridgehead atoms. The Morgan fingerprint density at radius 1 is 1.20 bits per heavy atom. The summed E-state index contributed by atoms with van der Waals surface area (Å²) < 4.78 is 23.9. The van der Waals surface area contributed by atoms with Crippen LogP contribution in [0.2, 0.25) is 0 Å². The van der Waals surface area contributed by atoms with E-state index >= 15 is 0 Å². The van der Waals surface area contributed by atoms with E-state index in [1.54, 1.807) is 0 Å². The smallest absolute Gasteiger partial charge is 0.161 e. The lowest BCUT2D eigenvalue weighted by atomic mass is 9.91. The van der Waals surface area contributed by atoms with Gasteiger partial charge in [-0.1, -0.05) is 13.8 Å². The van der Waals surface area contributed by atoms with Crippen molar-refractivity contribution in [1.82, 2.24) is 0 Å². The minimum Gasteiger partial charge on any atom is -0.319 e. The molecule has 0 radical (unpaired) electrons. The lowest BCUT2D eigenvalue weighted by Crippen LogP contribution is -2.59. The normalized spacial score (nSPS) is 36.9. The maximum absolute atomic E-state index is 11.4. The average Bonchev–Trinajstić information content (AvgIpc) is 2.29. The van der Waals surface area contributed by atoms with Crippen LogP contribution in [0.15, 0.2) is 0 Å². The zero-order valence-electron chi connectivity index (χ0n) is 9.99. The second-order valence-corrected chi connectivity index (χ2v) is 8.50. The van der Waals surface area contributed by atoms with Crippen molar-refractivity contribution in [2.24, 2.45) is 5.41 Å². The van der Waals surface area contributed by atoms with Gasteiger partial charge in [-0.25, -0.2) is 8.42 Å². The second kappa shape index (κ2) is 3.20. The number of hydrogen-bond acceptors (Lipinski definition) is 2. The van der Waals surface area contributed by atoms with Gasteiger partial charge in [0.05, 0.1) is 37.2 Å². The molecule has 1 spiro atoms. The molecule has 0 aromatic heterocycles. The van der Waals surface area contributed by atoms with Crippen molar-refractivity contribution in [3.8, 4) is 0 Å². The Kier molecular flexibility index (Phi) is 2.43. The molecule has 2 saturated heterocycles. The Balaban J connectivity index is 2.17. The van der Waals surface area contributed by atoms with Gasteiger partial charge in [0.1, 0.15) is 0 Å². The molecular formula is C11H22NO2S+. The molecule has 0 saturated carbocycles. The fourth-order valence-corrected chi connectivity index (χ4v) is 5.01. The first-order chi connectivity index (χ1) is 6.75. The highest BCUT2D eigenvalue weighted by molar-refractivity contribution is 7.91.